The van der Waals surface area contributed by atoms with Crippen LogP contribution in [0.2, 0.25) is 0 Å². The van der Waals surface area contributed by atoms with E-state index in [4.69, 9.17) is 0 Å². The Labute approximate surface area is 104 Å². The normalized spacial score (nSPS) is 13.5. The zero-order valence-electron chi connectivity index (χ0n) is 11.3. The van der Waals surface area contributed by atoms with Crippen LogP contribution < -0.4 is 5.32 Å². The Morgan fingerprint density at radius 3 is 2.41 bits per heavy atom. The Kier molecular flexibility index (Phi) is 4.27. The van der Waals surface area contributed by atoms with E-state index in [9.17, 15) is 4.79 Å². The maximum Gasteiger partial charge on any atom is 0.225 e. The van der Waals surface area contributed by atoms with Gasteiger partial charge in [-0.1, -0.05) is 40.7 Å². The largest absolute Gasteiger partial charge is 0.349 e. The van der Waals surface area contributed by atoms with Crippen LogP contribution in [0.5, 0.6) is 0 Å². The minimum atomic E-state index is -0.366. The van der Waals surface area contributed by atoms with Gasteiger partial charge in [-0.25, -0.2) is 0 Å². The maximum atomic E-state index is 12.0. The standard InChI is InChI=1S/C14H22N2O/c1-10(2)12(11-7-6-8-15-9-11)16-13(17)14(3,4)5/h6-10,12H,1-5H3,(H,16,17)/t12-/m0/s1. The zero-order chi connectivity index (χ0) is 13.1. The van der Waals surface area contributed by atoms with Crippen LogP contribution in [-0.2, 0) is 4.79 Å². The van der Waals surface area contributed by atoms with Crippen molar-refractivity contribution < 1.29 is 4.79 Å². The highest BCUT2D eigenvalue weighted by Gasteiger charge is 2.26. The zero-order valence-corrected chi connectivity index (χ0v) is 11.3. The van der Waals surface area contributed by atoms with Crippen molar-refractivity contribution in [2.75, 3.05) is 0 Å². The fraction of sp³-hybridized carbons (Fsp3) is 0.571. The van der Waals surface area contributed by atoms with Crippen LogP contribution in [0.1, 0.15) is 46.2 Å². The molecule has 0 aromatic carbocycles. The first kappa shape index (κ1) is 13.7. The van der Waals surface area contributed by atoms with Gasteiger partial charge in [0.05, 0.1) is 6.04 Å². The van der Waals surface area contributed by atoms with Crippen LogP contribution in [0, 0.1) is 11.3 Å². The molecule has 1 N–H and O–H groups in total. The van der Waals surface area contributed by atoms with Gasteiger partial charge in [-0.15, -0.1) is 0 Å². The number of nitrogens with zero attached hydrogens (tertiary/aromatic N) is 1. The second-order valence-electron chi connectivity index (χ2n) is 5.73. The SMILES string of the molecule is CC(C)[C@H](NC(=O)C(C)(C)C)c1cccnc1. The quantitative estimate of drug-likeness (QED) is 0.873. The van der Waals surface area contributed by atoms with Gasteiger partial charge in [-0.05, 0) is 17.5 Å². The van der Waals surface area contributed by atoms with Crippen LogP contribution in [-0.4, -0.2) is 10.9 Å². The lowest BCUT2D eigenvalue weighted by atomic mass is 9.92. The monoisotopic (exact) mass is 234 g/mol. The van der Waals surface area contributed by atoms with Crippen molar-refractivity contribution >= 4 is 5.91 Å². The van der Waals surface area contributed by atoms with Crippen molar-refractivity contribution in [2.24, 2.45) is 11.3 Å². The molecule has 0 unspecified atom stereocenters. The van der Waals surface area contributed by atoms with Gasteiger partial charge >= 0.3 is 0 Å². The average molecular weight is 234 g/mol. The minimum absolute atomic E-state index is 0.0235. The molecule has 1 aromatic heterocycles. The molecular formula is C14H22N2O. The highest BCUT2D eigenvalue weighted by molar-refractivity contribution is 5.81. The molecule has 0 aliphatic rings. The maximum absolute atomic E-state index is 12.0. The Balaban J connectivity index is 2.86. The molecule has 3 heteroatoms. The first-order valence-corrected chi connectivity index (χ1v) is 6.03. The number of carbonyl (C=O) groups excluding carboxylic acids is 1. The summed E-state index contributed by atoms with van der Waals surface area (Å²) in [5.74, 6) is 0.408. The molecule has 1 amide bonds. The lowest BCUT2D eigenvalue weighted by Crippen LogP contribution is -2.39. The summed E-state index contributed by atoms with van der Waals surface area (Å²) in [7, 11) is 0. The van der Waals surface area contributed by atoms with E-state index in [-0.39, 0.29) is 17.4 Å². The Bertz CT molecular complexity index is 366. The van der Waals surface area contributed by atoms with Gasteiger partial charge in [0.1, 0.15) is 0 Å². The van der Waals surface area contributed by atoms with Gasteiger partial charge in [0.25, 0.3) is 0 Å². The first-order valence-electron chi connectivity index (χ1n) is 6.03. The third-order valence-electron chi connectivity index (χ3n) is 2.68. The van der Waals surface area contributed by atoms with E-state index in [1.54, 1.807) is 6.20 Å². The van der Waals surface area contributed by atoms with E-state index in [1.807, 2.05) is 39.1 Å². The lowest BCUT2D eigenvalue weighted by Gasteiger charge is -2.27. The minimum Gasteiger partial charge on any atom is -0.349 e. The molecule has 0 saturated heterocycles. The van der Waals surface area contributed by atoms with E-state index in [2.05, 4.69) is 24.1 Å². The van der Waals surface area contributed by atoms with Gasteiger partial charge < -0.3 is 5.32 Å². The first-order chi connectivity index (χ1) is 7.82. The summed E-state index contributed by atoms with van der Waals surface area (Å²) in [6.45, 7) is 9.95. The summed E-state index contributed by atoms with van der Waals surface area (Å²) in [6.07, 6.45) is 3.56. The van der Waals surface area contributed by atoms with Crippen LogP contribution in [0.25, 0.3) is 0 Å². The van der Waals surface area contributed by atoms with Crippen molar-refractivity contribution in [1.29, 1.82) is 0 Å². The summed E-state index contributed by atoms with van der Waals surface area (Å²) in [4.78, 5) is 16.1. The summed E-state index contributed by atoms with van der Waals surface area (Å²) < 4.78 is 0. The molecule has 0 aliphatic heterocycles. The number of amides is 1. The van der Waals surface area contributed by atoms with Gasteiger partial charge in [0.15, 0.2) is 0 Å². The van der Waals surface area contributed by atoms with Crippen LogP contribution in [0.3, 0.4) is 0 Å². The molecule has 0 bridgehead atoms. The molecule has 0 aliphatic carbocycles. The predicted octanol–water partition coefficient (Wildman–Crippen LogP) is 2.94. The molecule has 0 radical (unpaired) electrons. The summed E-state index contributed by atoms with van der Waals surface area (Å²) >= 11 is 0. The molecule has 0 spiro atoms. The summed E-state index contributed by atoms with van der Waals surface area (Å²) in [5.41, 5.74) is 0.690. The van der Waals surface area contributed by atoms with Crippen LogP contribution >= 0.6 is 0 Å². The van der Waals surface area contributed by atoms with E-state index < -0.39 is 0 Å². The van der Waals surface area contributed by atoms with Crippen LogP contribution in [0.15, 0.2) is 24.5 Å². The number of pyridine rings is 1. The summed E-state index contributed by atoms with van der Waals surface area (Å²) in [6, 6.07) is 3.92. The van der Waals surface area contributed by atoms with Crippen molar-refractivity contribution in [1.82, 2.24) is 10.3 Å². The molecule has 1 rings (SSSR count). The fourth-order valence-electron chi connectivity index (χ4n) is 1.55. The Hall–Kier alpha value is -1.38. The fourth-order valence-corrected chi connectivity index (χ4v) is 1.55. The Morgan fingerprint density at radius 1 is 1.35 bits per heavy atom. The molecule has 1 aromatic rings. The molecule has 0 saturated carbocycles. The van der Waals surface area contributed by atoms with Gasteiger partial charge in [-0.2, -0.15) is 0 Å². The molecule has 3 nitrogen and oxygen atoms in total. The topological polar surface area (TPSA) is 42.0 Å². The highest BCUT2D eigenvalue weighted by atomic mass is 16.2. The smallest absolute Gasteiger partial charge is 0.225 e. The van der Waals surface area contributed by atoms with E-state index >= 15 is 0 Å². The molecule has 94 valence electrons. The number of hydrogen-bond donors (Lipinski definition) is 1. The van der Waals surface area contributed by atoms with Gasteiger partial charge in [-0.3, -0.25) is 9.78 Å². The number of aromatic nitrogens is 1. The second-order valence-corrected chi connectivity index (χ2v) is 5.73. The van der Waals surface area contributed by atoms with Crippen molar-refractivity contribution in [3.05, 3.63) is 30.1 Å². The van der Waals surface area contributed by atoms with Gasteiger partial charge in [0, 0.05) is 17.8 Å². The molecule has 1 atom stereocenters. The van der Waals surface area contributed by atoms with Crippen molar-refractivity contribution in [2.45, 2.75) is 40.7 Å². The van der Waals surface area contributed by atoms with Crippen molar-refractivity contribution in [3.63, 3.8) is 0 Å². The number of carbonyl (C=O) groups is 1. The van der Waals surface area contributed by atoms with E-state index in [0.29, 0.717) is 5.92 Å². The molecular weight excluding hydrogens is 212 g/mol. The molecule has 0 fully saturated rings. The predicted molar refractivity (Wildman–Crippen MR) is 69.4 cm³/mol. The molecule has 17 heavy (non-hydrogen) atoms. The Morgan fingerprint density at radius 2 is 2.00 bits per heavy atom. The van der Waals surface area contributed by atoms with E-state index in [1.165, 1.54) is 0 Å². The third-order valence-corrected chi connectivity index (χ3v) is 2.68. The second kappa shape index (κ2) is 5.30. The lowest BCUT2D eigenvalue weighted by molar-refractivity contribution is -0.129. The number of hydrogen-bond acceptors (Lipinski definition) is 2. The third kappa shape index (κ3) is 3.84. The van der Waals surface area contributed by atoms with Crippen molar-refractivity contribution in [3.8, 4) is 0 Å². The van der Waals surface area contributed by atoms with Crippen LogP contribution in [0.4, 0.5) is 0 Å². The van der Waals surface area contributed by atoms with E-state index in [0.717, 1.165) is 5.56 Å². The number of nitrogens with one attached hydrogen (secondary N) is 1. The highest BCUT2D eigenvalue weighted by Crippen LogP contribution is 2.23. The summed E-state index contributed by atoms with van der Waals surface area (Å²) in [5, 5.41) is 3.09. The number of rotatable bonds is 3. The molecule has 1 heterocycles. The van der Waals surface area contributed by atoms with Gasteiger partial charge in [0.2, 0.25) is 5.91 Å². The average Bonchev–Trinajstić information content (AvgIpc) is 2.25.